The van der Waals surface area contributed by atoms with E-state index in [2.05, 4.69) is 22.0 Å². The van der Waals surface area contributed by atoms with Crippen molar-refractivity contribution in [3.05, 3.63) is 73.0 Å². The molecule has 0 fully saturated rings. The topological polar surface area (TPSA) is 80.0 Å². The van der Waals surface area contributed by atoms with Gasteiger partial charge in [-0.15, -0.1) is 0 Å². The van der Waals surface area contributed by atoms with Crippen molar-refractivity contribution in [1.29, 1.82) is 0 Å². The first-order chi connectivity index (χ1) is 13.1. The number of nitrogens with zero attached hydrogens (tertiary/aromatic N) is 3. The van der Waals surface area contributed by atoms with Gasteiger partial charge in [-0.05, 0) is 35.9 Å². The standard InChI is InChI=1S/C20H19FN4O2/c1-2-20(27)23-13-19-17(18-7-8-25(24-18)9-10-26)11-15(12-22-19)14-3-5-16(21)6-4-14/h2-8,11-12,26H,1,9-10,13H2,(H,23,27). The van der Waals surface area contributed by atoms with Gasteiger partial charge < -0.3 is 10.4 Å². The summed E-state index contributed by atoms with van der Waals surface area (Å²) in [4.78, 5) is 16.0. The molecular formula is C20H19FN4O2. The van der Waals surface area contributed by atoms with Crippen LogP contribution in [-0.2, 0) is 17.9 Å². The number of amides is 1. The second kappa shape index (κ2) is 8.37. The number of aromatic nitrogens is 3. The summed E-state index contributed by atoms with van der Waals surface area (Å²) < 4.78 is 14.8. The van der Waals surface area contributed by atoms with Gasteiger partial charge in [0, 0.05) is 23.5 Å². The number of hydrogen-bond donors (Lipinski definition) is 2. The fourth-order valence-electron chi connectivity index (χ4n) is 2.63. The van der Waals surface area contributed by atoms with Crippen LogP contribution in [0.15, 0.2) is 61.4 Å². The van der Waals surface area contributed by atoms with E-state index in [9.17, 15) is 9.18 Å². The monoisotopic (exact) mass is 366 g/mol. The Labute approximate surface area is 156 Å². The lowest BCUT2D eigenvalue weighted by Gasteiger charge is -2.10. The number of carbonyl (C=O) groups excluding carboxylic acids is 1. The smallest absolute Gasteiger partial charge is 0.243 e. The fourth-order valence-corrected chi connectivity index (χ4v) is 2.63. The second-order valence-corrected chi connectivity index (χ2v) is 5.83. The van der Waals surface area contributed by atoms with Crippen molar-refractivity contribution in [2.45, 2.75) is 13.1 Å². The highest BCUT2D eigenvalue weighted by molar-refractivity contribution is 5.87. The molecule has 0 atom stereocenters. The summed E-state index contributed by atoms with van der Waals surface area (Å²) in [5.41, 5.74) is 3.69. The molecule has 3 rings (SSSR count). The summed E-state index contributed by atoms with van der Waals surface area (Å²) in [5, 5.41) is 16.2. The highest BCUT2D eigenvalue weighted by Crippen LogP contribution is 2.27. The molecule has 0 saturated carbocycles. The van der Waals surface area contributed by atoms with Crippen molar-refractivity contribution in [2.24, 2.45) is 0 Å². The van der Waals surface area contributed by atoms with E-state index < -0.39 is 0 Å². The van der Waals surface area contributed by atoms with E-state index in [1.54, 1.807) is 29.2 Å². The number of aliphatic hydroxyl groups is 1. The minimum absolute atomic E-state index is 0.0166. The Bertz CT molecular complexity index is 951. The Kier molecular flexibility index (Phi) is 5.73. The third kappa shape index (κ3) is 4.45. The van der Waals surface area contributed by atoms with Gasteiger partial charge in [0.1, 0.15) is 5.82 Å². The number of hydrogen-bond acceptors (Lipinski definition) is 4. The van der Waals surface area contributed by atoms with E-state index in [1.165, 1.54) is 18.2 Å². The molecule has 0 aliphatic rings. The zero-order chi connectivity index (χ0) is 19.2. The van der Waals surface area contributed by atoms with Crippen molar-refractivity contribution in [3.63, 3.8) is 0 Å². The molecule has 0 saturated heterocycles. The van der Waals surface area contributed by atoms with E-state index in [0.29, 0.717) is 17.9 Å². The number of nitrogens with one attached hydrogen (secondary N) is 1. The van der Waals surface area contributed by atoms with Crippen LogP contribution in [0.1, 0.15) is 5.69 Å². The van der Waals surface area contributed by atoms with Gasteiger partial charge in [-0.3, -0.25) is 14.5 Å². The molecule has 138 valence electrons. The van der Waals surface area contributed by atoms with Crippen LogP contribution in [0.2, 0.25) is 0 Å². The molecule has 0 spiro atoms. The number of pyridine rings is 1. The van der Waals surface area contributed by atoms with E-state index >= 15 is 0 Å². The number of rotatable bonds is 7. The molecule has 27 heavy (non-hydrogen) atoms. The highest BCUT2D eigenvalue weighted by Gasteiger charge is 2.13. The summed E-state index contributed by atoms with van der Waals surface area (Å²) in [6.07, 6.45) is 4.64. The minimum Gasteiger partial charge on any atom is -0.394 e. The first-order valence-corrected chi connectivity index (χ1v) is 8.40. The van der Waals surface area contributed by atoms with Gasteiger partial charge in [0.2, 0.25) is 5.91 Å². The van der Waals surface area contributed by atoms with Crippen LogP contribution in [-0.4, -0.2) is 32.4 Å². The second-order valence-electron chi connectivity index (χ2n) is 5.83. The predicted octanol–water partition coefficient (Wildman–Crippen LogP) is 2.55. The summed E-state index contributed by atoms with van der Waals surface area (Å²) in [6.45, 7) is 4.02. The van der Waals surface area contributed by atoms with Gasteiger partial charge in [-0.2, -0.15) is 5.10 Å². The average molecular weight is 366 g/mol. The van der Waals surface area contributed by atoms with Crippen LogP contribution in [0.3, 0.4) is 0 Å². The SMILES string of the molecule is C=CC(=O)NCc1ncc(-c2ccc(F)cc2)cc1-c1ccn(CCO)n1. The van der Waals surface area contributed by atoms with Crippen LogP contribution in [0.25, 0.3) is 22.4 Å². The van der Waals surface area contributed by atoms with Gasteiger partial charge in [-0.1, -0.05) is 18.7 Å². The van der Waals surface area contributed by atoms with Crippen molar-refractivity contribution < 1.29 is 14.3 Å². The summed E-state index contributed by atoms with van der Waals surface area (Å²) in [6, 6.07) is 9.87. The third-order valence-corrected chi connectivity index (χ3v) is 4.01. The Balaban J connectivity index is 2.00. The maximum Gasteiger partial charge on any atom is 0.243 e. The van der Waals surface area contributed by atoms with Crippen LogP contribution in [0, 0.1) is 5.82 Å². The Morgan fingerprint density at radius 2 is 2.04 bits per heavy atom. The minimum atomic E-state index is -0.307. The summed E-state index contributed by atoms with van der Waals surface area (Å²) >= 11 is 0. The predicted molar refractivity (Wildman–Crippen MR) is 100.0 cm³/mol. The molecule has 2 heterocycles. The Morgan fingerprint density at radius 1 is 1.26 bits per heavy atom. The molecule has 2 aromatic heterocycles. The van der Waals surface area contributed by atoms with E-state index in [0.717, 1.165) is 16.7 Å². The van der Waals surface area contributed by atoms with Gasteiger partial charge in [-0.25, -0.2) is 4.39 Å². The molecule has 7 heteroatoms. The molecule has 0 radical (unpaired) electrons. The molecule has 6 nitrogen and oxygen atoms in total. The lowest BCUT2D eigenvalue weighted by atomic mass is 10.0. The molecule has 0 bridgehead atoms. The zero-order valence-corrected chi connectivity index (χ0v) is 14.6. The molecule has 0 aliphatic heterocycles. The third-order valence-electron chi connectivity index (χ3n) is 4.01. The maximum atomic E-state index is 13.2. The summed E-state index contributed by atoms with van der Waals surface area (Å²) in [5.74, 6) is -0.602. The molecule has 2 N–H and O–H groups in total. The molecule has 1 amide bonds. The number of halogens is 1. The normalized spacial score (nSPS) is 10.6. The van der Waals surface area contributed by atoms with Crippen molar-refractivity contribution in [3.8, 4) is 22.4 Å². The molecule has 0 aliphatic carbocycles. The lowest BCUT2D eigenvalue weighted by Crippen LogP contribution is -2.21. The van der Waals surface area contributed by atoms with E-state index in [4.69, 9.17) is 5.11 Å². The van der Waals surface area contributed by atoms with Gasteiger partial charge in [0.25, 0.3) is 0 Å². The molecule has 0 unspecified atom stereocenters. The highest BCUT2D eigenvalue weighted by atomic mass is 19.1. The van der Waals surface area contributed by atoms with Crippen LogP contribution < -0.4 is 5.32 Å². The van der Waals surface area contributed by atoms with Crippen LogP contribution >= 0.6 is 0 Å². The number of benzene rings is 1. The Morgan fingerprint density at radius 3 is 2.74 bits per heavy atom. The molecule has 1 aromatic carbocycles. The van der Waals surface area contributed by atoms with Crippen LogP contribution in [0.4, 0.5) is 4.39 Å². The van der Waals surface area contributed by atoms with Gasteiger partial charge in [0.15, 0.2) is 0 Å². The number of aliphatic hydroxyl groups excluding tert-OH is 1. The van der Waals surface area contributed by atoms with E-state index in [-0.39, 0.29) is 24.9 Å². The first-order valence-electron chi connectivity index (χ1n) is 8.40. The van der Waals surface area contributed by atoms with E-state index in [1.807, 2.05) is 12.1 Å². The van der Waals surface area contributed by atoms with Gasteiger partial charge in [0.05, 0.1) is 31.1 Å². The van der Waals surface area contributed by atoms with Crippen molar-refractivity contribution in [1.82, 2.24) is 20.1 Å². The lowest BCUT2D eigenvalue weighted by molar-refractivity contribution is -0.116. The van der Waals surface area contributed by atoms with Crippen LogP contribution in [0.5, 0.6) is 0 Å². The van der Waals surface area contributed by atoms with Crippen molar-refractivity contribution >= 4 is 5.91 Å². The fraction of sp³-hybridized carbons (Fsp3) is 0.150. The van der Waals surface area contributed by atoms with Crippen molar-refractivity contribution in [2.75, 3.05) is 6.61 Å². The largest absolute Gasteiger partial charge is 0.394 e. The quantitative estimate of drug-likeness (QED) is 0.630. The maximum absolute atomic E-state index is 13.2. The first kappa shape index (κ1) is 18.5. The molecule has 3 aromatic rings. The average Bonchev–Trinajstić information content (AvgIpc) is 3.15. The number of carbonyl (C=O) groups is 1. The van der Waals surface area contributed by atoms with Gasteiger partial charge >= 0.3 is 0 Å². The Hall–Kier alpha value is -3.32. The summed E-state index contributed by atoms with van der Waals surface area (Å²) in [7, 11) is 0. The molecular weight excluding hydrogens is 347 g/mol. The zero-order valence-electron chi connectivity index (χ0n) is 14.6.